The van der Waals surface area contributed by atoms with Gasteiger partial charge in [0.1, 0.15) is 0 Å². The number of thiophene rings is 1. The second kappa shape index (κ2) is 10.3. The van der Waals surface area contributed by atoms with Crippen LogP contribution in [-0.4, -0.2) is 6.21 Å². The molecular weight excluding hydrogens is 490 g/mol. The molecule has 3 aromatic carbocycles. The molecule has 37 heavy (non-hydrogen) atoms. The van der Waals surface area contributed by atoms with Crippen molar-refractivity contribution in [1.29, 1.82) is 0 Å². The second-order valence-corrected chi connectivity index (χ2v) is 11.6. The summed E-state index contributed by atoms with van der Waals surface area (Å²) in [4.78, 5) is 5.40. The first-order chi connectivity index (χ1) is 18.1. The molecule has 0 saturated heterocycles. The molecule has 0 amide bonds. The minimum Gasteiger partial charge on any atom is -0.269 e. The normalized spacial score (nSPS) is 19.5. The Morgan fingerprint density at radius 1 is 0.973 bits per heavy atom. The van der Waals surface area contributed by atoms with Crippen molar-refractivity contribution in [2.45, 2.75) is 39.0 Å². The summed E-state index contributed by atoms with van der Waals surface area (Å²) in [7, 11) is 0. The predicted octanol–water partition coefficient (Wildman–Crippen LogP) is 9.84. The Kier molecular flexibility index (Phi) is 6.71. The topological polar surface area (TPSA) is 12.4 Å². The molecule has 0 bridgehead atoms. The van der Waals surface area contributed by atoms with E-state index in [1.165, 1.54) is 43.5 Å². The number of rotatable bonds is 1. The first kappa shape index (κ1) is 24.2. The molecule has 0 radical (unpaired) electrons. The molecule has 184 valence electrons. The molecule has 0 N–H and O–H groups in total. The van der Waals surface area contributed by atoms with E-state index in [0.29, 0.717) is 11.8 Å². The molecule has 3 heteroatoms. The first-order valence-corrected chi connectivity index (χ1v) is 14.3. The molecule has 1 nitrogen and oxygen atoms in total. The quantitative estimate of drug-likeness (QED) is 0.237. The van der Waals surface area contributed by atoms with E-state index in [2.05, 4.69) is 103 Å². The standard InChI is InChI=1S/C26H23Cl.C8H7NS/c1-16-13-25-22(11-9-20-12-17(2)26(27)15-24(20)25)21-10-8-19(14-23(16)21)18-6-4-3-5-7-18;1-4-9-5-2-8-7(1)3-6-10-8/h3-12,15-16,19H,13-14H2,1-2H3;2-6H,1H2. The summed E-state index contributed by atoms with van der Waals surface area (Å²) in [6.07, 6.45) is 13.8. The molecule has 2 aliphatic carbocycles. The minimum atomic E-state index is 0.492. The van der Waals surface area contributed by atoms with Gasteiger partial charge in [0, 0.05) is 34.7 Å². The van der Waals surface area contributed by atoms with Gasteiger partial charge in [-0.1, -0.05) is 78.7 Å². The van der Waals surface area contributed by atoms with Crippen LogP contribution in [0.3, 0.4) is 0 Å². The van der Waals surface area contributed by atoms with Gasteiger partial charge in [-0.3, -0.25) is 4.99 Å². The van der Waals surface area contributed by atoms with Crippen molar-refractivity contribution in [3.63, 3.8) is 0 Å². The number of nitrogens with zero attached hydrogens (tertiary/aromatic N) is 1. The van der Waals surface area contributed by atoms with Crippen LogP contribution in [0.25, 0.3) is 22.4 Å². The number of aryl methyl sites for hydroxylation is 1. The van der Waals surface area contributed by atoms with E-state index < -0.39 is 0 Å². The molecule has 2 heterocycles. The van der Waals surface area contributed by atoms with Gasteiger partial charge in [0.2, 0.25) is 0 Å². The first-order valence-electron chi connectivity index (χ1n) is 13.0. The Hall–Kier alpha value is -3.20. The molecule has 3 aliphatic rings. The van der Waals surface area contributed by atoms with Crippen molar-refractivity contribution in [2.75, 3.05) is 0 Å². The van der Waals surface area contributed by atoms with Crippen LogP contribution in [-0.2, 0) is 12.8 Å². The number of allylic oxidation sites excluding steroid dienone is 4. The highest BCUT2D eigenvalue weighted by Crippen LogP contribution is 2.46. The second-order valence-electron chi connectivity index (χ2n) is 10.2. The Morgan fingerprint density at radius 2 is 1.84 bits per heavy atom. The molecule has 0 fully saturated rings. The Balaban J connectivity index is 0.000000210. The SMILES string of the molecule is C1=Cc2sccc2CC=N1.Cc1cc2ccc3c(c2cc1Cl)CC(C)C1=C3C=CC(c2ccccc2)C1. The zero-order valence-electron chi connectivity index (χ0n) is 21.2. The van der Waals surface area contributed by atoms with Gasteiger partial charge < -0.3 is 0 Å². The van der Waals surface area contributed by atoms with Gasteiger partial charge in [0.25, 0.3) is 0 Å². The van der Waals surface area contributed by atoms with Gasteiger partial charge in [0.05, 0.1) is 0 Å². The van der Waals surface area contributed by atoms with Crippen LogP contribution in [0.2, 0.25) is 5.02 Å². The average Bonchev–Trinajstić information content (AvgIpc) is 3.25. The third-order valence-electron chi connectivity index (χ3n) is 7.82. The number of hydrogen-bond acceptors (Lipinski definition) is 2. The van der Waals surface area contributed by atoms with Crippen molar-refractivity contribution in [1.82, 2.24) is 0 Å². The summed E-state index contributed by atoms with van der Waals surface area (Å²) in [5.41, 5.74) is 9.87. The van der Waals surface area contributed by atoms with Crippen LogP contribution in [0.5, 0.6) is 0 Å². The van der Waals surface area contributed by atoms with Crippen molar-refractivity contribution >= 4 is 51.6 Å². The lowest BCUT2D eigenvalue weighted by molar-refractivity contribution is 0.614. The van der Waals surface area contributed by atoms with Crippen LogP contribution >= 0.6 is 22.9 Å². The fourth-order valence-electron chi connectivity index (χ4n) is 5.80. The molecular formula is C34H30ClNS. The smallest absolute Gasteiger partial charge is 0.0441 e. The maximum atomic E-state index is 6.46. The van der Waals surface area contributed by atoms with Crippen molar-refractivity contribution in [3.05, 3.63) is 128 Å². The third-order valence-corrected chi connectivity index (χ3v) is 9.16. The van der Waals surface area contributed by atoms with Crippen LogP contribution < -0.4 is 0 Å². The van der Waals surface area contributed by atoms with Crippen LogP contribution in [0.15, 0.2) is 95.0 Å². The van der Waals surface area contributed by atoms with Gasteiger partial charge in [-0.15, -0.1) is 11.3 Å². The summed E-state index contributed by atoms with van der Waals surface area (Å²) in [6, 6.07) is 22.0. The summed E-state index contributed by atoms with van der Waals surface area (Å²) < 4.78 is 0. The maximum absolute atomic E-state index is 6.46. The number of benzene rings is 3. The number of halogens is 1. The van der Waals surface area contributed by atoms with Crippen molar-refractivity contribution in [2.24, 2.45) is 10.9 Å². The number of fused-ring (bicyclic) bond motifs is 5. The fourth-order valence-corrected chi connectivity index (χ4v) is 6.79. The largest absolute Gasteiger partial charge is 0.269 e. The summed E-state index contributed by atoms with van der Waals surface area (Å²) in [5.74, 6) is 1.06. The van der Waals surface area contributed by atoms with Crippen LogP contribution in [0, 0.1) is 12.8 Å². The van der Waals surface area contributed by atoms with Gasteiger partial charge >= 0.3 is 0 Å². The van der Waals surface area contributed by atoms with E-state index in [4.69, 9.17) is 11.6 Å². The van der Waals surface area contributed by atoms with Crippen LogP contribution in [0.4, 0.5) is 0 Å². The van der Waals surface area contributed by atoms with Gasteiger partial charge in [-0.05, 0) is 99.5 Å². The molecule has 1 aromatic heterocycles. The lowest BCUT2D eigenvalue weighted by atomic mass is 9.71. The highest BCUT2D eigenvalue weighted by atomic mass is 35.5. The molecule has 2 unspecified atom stereocenters. The predicted molar refractivity (Wildman–Crippen MR) is 162 cm³/mol. The van der Waals surface area contributed by atoms with Gasteiger partial charge in [-0.25, -0.2) is 0 Å². The Morgan fingerprint density at radius 3 is 2.70 bits per heavy atom. The monoisotopic (exact) mass is 519 g/mol. The average molecular weight is 520 g/mol. The lowest BCUT2D eigenvalue weighted by Gasteiger charge is -2.33. The van der Waals surface area contributed by atoms with Crippen molar-refractivity contribution in [3.8, 4) is 0 Å². The summed E-state index contributed by atoms with van der Waals surface area (Å²) in [5, 5.41) is 5.61. The lowest BCUT2D eigenvalue weighted by Crippen LogP contribution is -2.18. The fraction of sp³-hybridized carbons (Fsp3) is 0.206. The van der Waals surface area contributed by atoms with Gasteiger partial charge in [-0.2, -0.15) is 0 Å². The Bertz CT molecular complexity index is 1590. The highest BCUT2D eigenvalue weighted by Gasteiger charge is 2.29. The van der Waals surface area contributed by atoms with E-state index in [1.54, 1.807) is 16.9 Å². The molecule has 0 spiro atoms. The van der Waals surface area contributed by atoms with E-state index >= 15 is 0 Å². The molecule has 0 saturated carbocycles. The molecule has 1 aliphatic heterocycles. The van der Waals surface area contributed by atoms with E-state index in [1.807, 2.05) is 12.4 Å². The number of hydrogen-bond donors (Lipinski definition) is 0. The van der Waals surface area contributed by atoms with E-state index in [0.717, 1.165) is 29.8 Å². The molecule has 7 rings (SSSR count). The molecule has 4 aromatic rings. The summed E-state index contributed by atoms with van der Waals surface area (Å²) in [6.45, 7) is 4.46. The van der Waals surface area contributed by atoms with Crippen LogP contribution in [0.1, 0.15) is 52.0 Å². The highest BCUT2D eigenvalue weighted by molar-refractivity contribution is 7.11. The maximum Gasteiger partial charge on any atom is 0.0441 e. The third kappa shape index (κ3) is 4.77. The Labute approximate surface area is 228 Å². The zero-order valence-corrected chi connectivity index (χ0v) is 22.8. The van der Waals surface area contributed by atoms with Gasteiger partial charge in [0.15, 0.2) is 0 Å². The van der Waals surface area contributed by atoms with E-state index in [9.17, 15) is 0 Å². The number of aliphatic imine (C=N–C) groups is 1. The summed E-state index contributed by atoms with van der Waals surface area (Å²) >= 11 is 8.24. The van der Waals surface area contributed by atoms with Crippen molar-refractivity contribution < 1.29 is 0 Å². The molecule has 2 atom stereocenters. The zero-order chi connectivity index (χ0) is 25.4. The van der Waals surface area contributed by atoms with E-state index in [-0.39, 0.29) is 0 Å². The minimum absolute atomic E-state index is 0.492.